The fourth-order valence-electron chi connectivity index (χ4n) is 11.2. The van der Waals surface area contributed by atoms with E-state index in [1.165, 1.54) is 127 Å². The summed E-state index contributed by atoms with van der Waals surface area (Å²) in [5, 5.41) is 10.1. The lowest BCUT2D eigenvalue weighted by atomic mass is 9.78. The SMILES string of the molecule is CC(C)[C@H](C)c1cccc(-c2ccc(-c3ccccc3-c3c4ccccc4c(-c4c5ccccc5c(C5=CCCC=C5c5ccc(-c6ccccc6)cc5)c5ccccc45)c4ccccc34)cc2)c1. The van der Waals surface area contributed by atoms with Crippen molar-refractivity contribution in [2.24, 2.45) is 5.92 Å². The van der Waals surface area contributed by atoms with Crippen molar-refractivity contribution in [1.29, 1.82) is 0 Å². The highest BCUT2D eigenvalue weighted by Crippen LogP contribution is 2.52. The van der Waals surface area contributed by atoms with Crippen LogP contribution in [0.2, 0.25) is 0 Å². The molecule has 0 radical (unpaired) electrons. The van der Waals surface area contributed by atoms with E-state index in [-0.39, 0.29) is 0 Å². The first-order chi connectivity index (χ1) is 34.0. The van der Waals surface area contributed by atoms with E-state index in [0.717, 1.165) is 12.8 Å². The van der Waals surface area contributed by atoms with Gasteiger partial charge in [-0.25, -0.2) is 0 Å². The minimum atomic E-state index is 0.503. The van der Waals surface area contributed by atoms with Crippen LogP contribution in [-0.4, -0.2) is 0 Å². The molecule has 0 N–H and O–H groups in total. The highest BCUT2D eigenvalue weighted by molar-refractivity contribution is 6.30. The summed E-state index contributed by atoms with van der Waals surface area (Å²) < 4.78 is 0. The Bertz CT molecular complexity index is 3670. The van der Waals surface area contributed by atoms with Gasteiger partial charge in [-0.1, -0.05) is 257 Å². The first-order valence-electron chi connectivity index (χ1n) is 24.8. The highest BCUT2D eigenvalue weighted by atomic mass is 14.3. The van der Waals surface area contributed by atoms with E-state index < -0.39 is 0 Å². The maximum atomic E-state index is 2.49. The van der Waals surface area contributed by atoms with E-state index in [0.29, 0.717) is 11.8 Å². The molecule has 0 unspecified atom stereocenters. The fraction of sp³-hybridized carbons (Fsp3) is 0.101. The van der Waals surface area contributed by atoms with Gasteiger partial charge in [-0.3, -0.25) is 0 Å². The van der Waals surface area contributed by atoms with Crippen molar-refractivity contribution in [3.05, 3.63) is 253 Å². The molecule has 0 saturated heterocycles. The normalized spacial score (nSPS) is 13.3. The molecule has 12 rings (SSSR count). The zero-order chi connectivity index (χ0) is 46.4. The maximum Gasteiger partial charge on any atom is -0.00139 e. The molecule has 0 nitrogen and oxygen atoms in total. The molecule has 0 fully saturated rings. The third-order valence-corrected chi connectivity index (χ3v) is 15.0. The molecule has 0 spiro atoms. The lowest BCUT2D eigenvalue weighted by molar-refractivity contribution is 0.535. The Kier molecular flexibility index (Phi) is 11.0. The number of allylic oxidation sites excluding steroid dienone is 4. The lowest BCUT2D eigenvalue weighted by Crippen LogP contribution is -2.01. The molecular formula is C69H54. The second-order valence-corrected chi connectivity index (χ2v) is 19.2. The first-order valence-corrected chi connectivity index (χ1v) is 24.8. The Morgan fingerprint density at radius 2 is 0.652 bits per heavy atom. The lowest BCUT2D eigenvalue weighted by Gasteiger charge is -2.25. The third-order valence-electron chi connectivity index (χ3n) is 15.0. The smallest absolute Gasteiger partial charge is 0.00139 e. The Morgan fingerprint density at radius 1 is 0.275 bits per heavy atom. The predicted molar refractivity (Wildman–Crippen MR) is 299 cm³/mol. The third kappa shape index (κ3) is 7.49. The average Bonchev–Trinajstić information content (AvgIpc) is 3.42. The number of hydrogen-bond acceptors (Lipinski definition) is 0. The van der Waals surface area contributed by atoms with Gasteiger partial charge in [0, 0.05) is 0 Å². The summed E-state index contributed by atoms with van der Waals surface area (Å²) in [5.41, 5.74) is 19.1. The van der Waals surface area contributed by atoms with Gasteiger partial charge in [0.2, 0.25) is 0 Å². The molecule has 0 aliphatic heterocycles. The van der Waals surface area contributed by atoms with E-state index in [2.05, 4.69) is 257 Å². The van der Waals surface area contributed by atoms with Crippen LogP contribution in [-0.2, 0) is 0 Å². The molecule has 0 saturated carbocycles. The summed E-state index contributed by atoms with van der Waals surface area (Å²) in [6.07, 6.45) is 6.99. The Balaban J connectivity index is 1.03. The monoisotopic (exact) mass is 882 g/mol. The average molecular weight is 883 g/mol. The van der Waals surface area contributed by atoms with Crippen molar-refractivity contribution in [3.8, 4) is 55.6 Å². The van der Waals surface area contributed by atoms with Crippen molar-refractivity contribution in [2.45, 2.75) is 39.5 Å². The van der Waals surface area contributed by atoms with Gasteiger partial charge in [0.05, 0.1) is 0 Å². The molecule has 0 amide bonds. The number of benzene rings is 11. The Labute approximate surface area is 406 Å². The molecule has 1 aliphatic rings. The molecule has 0 aromatic heterocycles. The van der Waals surface area contributed by atoms with Crippen LogP contribution in [0.4, 0.5) is 0 Å². The maximum absolute atomic E-state index is 2.49. The van der Waals surface area contributed by atoms with Gasteiger partial charge in [-0.05, 0) is 151 Å². The summed E-state index contributed by atoms with van der Waals surface area (Å²) in [6, 6.07) is 83.8. The molecule has 330 valence electrons. The second-order valence-electron chi connectivity index (χ2n) is 19.2. The van der Waals surface area contributed by atoms with Gasteiger partial charge in [0.25, 0.3) is 0 Å². The Hall–Kier alpha value is -8.06. The summed E-state index contributed by atoms with van der Waals surface area (Å²) in [4.78, 5) is 0. The predicted octanol–water partition coefficient (Wildman–Crippen LogP) is 19.7. The minimum absolute atomic E-state index is 0.503. The summed E-state index contributed by atoms with van der Waals surface area (Å²) in [6.45, 7) is 6.95. The molecule has 11 aromatic rings. The standard InChI is InChI=1S/C69H54/c1-45(2)46(3)52-22-19-23-53(44-52)49-38-42-51(43-39-49)55-25-8-10-27-57(55)67-60-30-13-17-34-64(60)69(65-35-18-14-31-61(65)67)68-62-32-15-11-28-58(62)66(59-29-12-16-33-63(59)68)56-26-9-7-24-54(56)50-40-36-48(37-41-50)47-20-5-4-6-21-47/h4-6,8,10-46H,7,9H2,1-3H3/t46-/m0/s1. The van der Waals surface area contributed by atoms with E-state index in [1.807, 2.05) is 0 Å². The van der Waals surface area contributed by atoms with Crippen molar-refractivity contribution in [1.82, 2.24) is 0 Å². The summed E-state index contributed by atoms with van der Waals surface area (Å²) in [7, 11) is 0. The second kappa shape index (κ2) is 17.9. The first kappa shape index (κ1) is 42.3. The van der Waals surface area contributed by atoms with E-state index >= 15 is 0 Å². The van der Waals surface area contributed by atoms with Gasteiger partial charge in [0.1, 0.15) is 0 Å². The van der Waals surface area contributed by atoms with E-state index in [1.54, 1.807) is 0 Å². The van der Waals surface area contributed by atoms with Crippen LogP contribution in [0.3, 0.4) is 0 Å². The van der Waals surface area contributed by atoms with Crippen LogP contribution in [0.5, 0.6) is 0 Å². The van der Waals surface area contributed by atoms with Crippen LogP contribution >= 0.6 is 0 Å². The van der Waals surface area contributed by atoms with Crippen molar-refractivity contribution >= 4 is 54.2 Å². The van der Waals surface area contributed by atoms with Gasteiger partial charge in [-0.15, -0.1) is 0 Å². The largest absolute Gasteiger partial charge is 0.0757 e. The molecule has 11 aromatic carbocycles. The topological polar surface area (TPSA) is 0 Å². The van der Waals surface area contributed by atoms with Crippen LogP contribution in [0, 0.1) is 5.92 Å². The summed E-state index contributed by atoms with van der Waals surface area (Å²) >= 11 is 0. The molecule has 69 heavy (non-hydrogen) atoms. The molecule has 1 aliphatic carbocycles. The van der Waals surface area contributed by atoms with Crippen LogP contribution in [0.15, 0.2) is 237 Å². The molecule has 0 heterocycles. The van der Waals surface area contributed by atoms with Gasteiger partial charge >= 0.3 is 0 Å². The molecule has 0 bridgehead atoms. The number of fused-ring (bicyclic) bond motifs is 4. The van der Waals surface area contributed by atoms with Crippen molar-refractivity contribution < 1.29 is 0 Å². The highest BCUT2D eigenvalue weighted by Gasteiger charge is 2.25. The van der Waals surface area contributed by atoms with Crippen LogP contribution in [0.1, 0.15) is 56.2 Å². The quantitative estimate of drug-likeness (QED) is 0.127. The van der Waals surface area contributed by atoms with Crippen LogP contribution in [0.25, 0.3) is 110 Å². The molecular weight excluding hydrogens is 829 g/mol. The zero-order valence-corrected chi connectivity index (χ0v) is 39.6. The van der Waals surface area contributed by atoms with Gasteiger partial charge in [-0.2, -0.15) is 0 Å². The minimum Gasteiger partial charge on any atom is -0.0757 e. The van der Waals surface area contributed by atoms with Crippen molar-refractivity contribution in [2.75, 3.05) is 0 Å². The molecule has 1 atom stereocenters. The number of hydrogen-bond donors (Lipinski definition) is 0. The van der Waals surface area contributed by atoms with Crippen LogP contribution < -0.4 is 0 Å². The van der Waals surface area contributed by atoms with E-state index in [4.69, 9.17) is 0 Å². The fourth-order valence-corrected chi connectivity index (χ4v) is 11.2. The van der Waals surface area contributed by atoms with E-state index in [9.17, 15) is 0 Å². The zero-order valence-electron chi connectivity index (χ0n) is 39.6. The van der Waals surface area contributed by atoms with Gasteiger partial charge < -0.3 is 0 Å². The Morgan fingerprint density at radius 3 is 1.17 bits per heavy atom. The summed E-state index contributed by atoms with van der Waals surface area (Å²) in [5.74, 6) is 1.09. The number of rotatable bonds is 9. The van der Waals surface area contributed by atoms with Gasteiger partial charge in [0.15, 0.2) is 0 Å². The molecule has 0 heteroatoms. The van der Waals surface area contributed by atoms with Crippen molar-refractivity contribution in [3.63, 3.8) is 0 Å².